The lowest BCUT2D eigenvalue weighted by molar-refractivity contribution is 0.195. The number of imidazole rings is 1. The Labute approximate surface area is 110 Å². The highest BCUT2D eigenvalue weighted by Gasteiger charge is 2.18. The number of piperidine rings is 1. The van der Waals surface area contributed by atoms with Crippen LogP contribution in [0.1, 0.15) is 26.7 Å². The molecule has 0 spiro atoms. The number of likely N-dealkylation sites (tertiary alicyclic amines) is 1. The van der Waals surface area contributed by atoms with Crippen molar-refractivity contribution in [3.63, 3.8) is 0 Å². The van der Waals surface area contributed by atoms with Gasteiger partial charge in [-0.15, -0.1) is 0 Å². The number of rotatable bonds is 5. The van der Waals surface area contributed by atoms with Gasteiger partial charge in [0.25, 0.3) is 0 Å². The molecule has 1 unspecified atom stereocenters. The molecule has 4 heteroatoms. The Kier molecular flexibility index (Phi) is 4.64. The molecule has 1 atom stereocenters. The summed E-state index contributed by atoms with van der Waals surface area (Å²) in [5, 5.41) is 3.43. The molecule has 0 amide bonds. The molecule has 0 saturated carbocycles. The lowest BCUT2D eigenvalue weighted by atomic mass is 9.98. The fourth-order valence-electron chi connectivity index (χ4n) is 2.62. The first-order valence-corrected chi connectivity index (χ1v) is 7.08. The Morgan fingerprint density at radius 2 is 2.33 bits per heavy atom. The minimum Gasteiger partial charge on any atom is -0.355 e. The molecule has 4 nitrogen and oxygen atoms in total. The summed E-state index contributed by atoms with van der Waals surface area (Å²) >= 11 is 0. The van der Waals surface area contributed by atoms with Crippen LogP contribution in [0, 0.1) is 11.8 Å². The summed E-state index contributed by atoms with van der Waals surface area (Å²) in [6.45, 7) is 8.97. The second-order valence-electron chi connectivity index (χ2n) is 5.95. The molecule has 1 aliphatic rings. The molecule has 0 bridgehead atoms. The number of aromatic nitrogens is 2. The zero-order chi connectivity index (χ0) is 13.0. The van der Waals surface area contributed by atoms with Crippen molar-refractivity contribution < 1.29 is 0 Å². The molecule has 1 N–H and O–H groups in total. The van der Waals surface area contributed by atoms with Crippen LogP contribution in [0.25, 0.3) is 0 Å². The lowest BCUT2D eigenvalue weighted by Gasteiger charge is -2.30. The van der Waals surface area contributed by atoms with Gasteiger partial charge >= 0.3 is 0 Å². The number of nitrogens with zero attached hydrogens (tertiary/aromatic N) is 3. The van der Waals surface area contributed by atoms with Crippen LogP contribution in [0.2, 0.25) is 0 Å². The highest BCUT2D eigenvalue weighted by molar-refractivity contribution is 5.25. The molecule has 0 radical (unpaired) electrons. The van der Waals surface area contributed by atoms with Gasteiger partial charge in [0.05, 0.1) is 0 Å². The smallest absolute Gasteiger partial charge is 0.202 e. The van der Waals surface area contributed by atoms with E-state index in [9.17, 15) is 0 Å². The third-order valence-corrected chi connectivity index (χ3v) is 3.56. The molecule has 1 aromatic heterocycles. The van der Waals surface area contributed by atoms with Crippen molar-refractivity contribution in [1.82, 2.24) is 14.5 Å². The van der Waals surface area contributed by atoms with E-state index in [1.807, 2.05) is 6.20 Å². The van der Waals surface area contributed by atoms with E-state index in [4.69, 9.17) is 0 Å². The lowest BCUT2D eigenvalue weighted by Crippen LogP contribution is -2.34. The largest absolute Gasteiger partial charge is 0.355 e. The summed E-state index contributed by atoms with van der Waals surface area (Å²) in [5.74, 6) is 2.44. The van der Waals surface area contributed by atoms with E-state index in [-0.39, 0.29) is 0 Å². The summed E-state index contributed by atoms with van der Waals surface area (Å²) < 4.78 is 2.27. The summed E-state index contributed by atoms with van der Waals surface area (Å²) in [6, 6.07) is 0. The van der Waals surface area contributed by atoms with Gasteiger partial charge in [0.2, 0.25) is 5.95 Å². The molecule has 0 aliphatic carbocycles. The monoisotopic (exact) mass is 250 g/mol. The first-order valence-electron chi connectivity index (χ1n) is 7.08. The summed E-state index contributed by atoms with van der Waals surface area (Å²) in [6.07, 6.45) is 6.66. The SMILES string of the molecule is CC(C)CNc1nccn1CC1CCCN(C)C1. The average molecular weight is 250 g/mol. The number of hydrogen-bond acceptors (Lipinski definition) is 3. The van der Waals surface area contributed by atoms with Crippen LogP contribution in [0.15, 0.2) is 12.4 Å². The number of hydrogen-bond donors (Lipinski definition) is 1. The Bertz CT molecular complexity index is 358. The van der Waals surface area contributed by atoms with Crippen LogP contribution in [-0.4, -0.2) is 41.1 Å². The molecule has 1 aliphatic heterocycles. The van der Waals surface area contributed by atoms with E-state index in [0.29, 0.717) is 5.92 Å². The van der Waals surface area contributed by atoms with Crippen molar-refractivity contribution in [1.29, 1.82) is 0 Å². The van der Waals surface area contributed by atoms with Crippen molar-refractivity contribution in [3.8, 4) is 0 Å². The fraction of sp³-hybridized carbons (Fsp3) is 0.786. The maximum atomic E-state index is 4.41. The van der Waals surface area contributed by atoms with Crippen molar-refractivity contribution in [3.05, 3.63) is 12.4 Å². The van der Waals surface area contributed by atoms with Gasteiger partial charge in [-0.2, -0.15) is 0 Å². The highest BCUT2D eigenvalue weighted by Crippen LogP contribution is 2.19. The molecular formula is C14H26N4. The van der Waals surface area contributed by atoms with E-state index in [0.717, 1.165) is 25.0 Å². The molecule has 2 heterocycles. The van der Waals surface area contributed by atoms with Crippen LogP contribution in [0.4, 0.5) is 5.95 Å². The zero-order valence-electron chi connectivity index (χ0n) is 11.9. The summed E-state index contributed by atoms with van der Waals surface area (Å²) in [7, 11) is 2.22. The minimum absolute atomic E-state index is 0.649. The molecule has 1 saturated heterocycles. The predicted molar refractivity (Wildman–Crippen MR) is 75.8 cm³/mol. The van der Waals surface area contributed by atoms with Gasteiger partial charge in [-0.1, -0.05) is 13.8 Å². The Morgan fingerprint density at radius 1 is 1.50 bits per heavy atom. The van der Waals surface area contributed by atoms with Crippen molar-refractivity contribution in [2.75, 3.05) is 32.0 Å². The van der Waals surface area contributed by atoms with Crippen molar-refractivity contribution in [2.45, 2.75) is 33.2 Å². The Balaban J connectivity index is 1.90. The third-order valence-electron chi connectivity index (χ3n) is 3.56. The van der Waals surface area contributed by atoms with Crippen LogP contribution >= 0.6 is 0 Å². The fourth-order valence-corrected chi connectivity index (χ4v) is 2.62. The quantitative estimate of drug-likeness (QED) is 0.870. The summed E-state index contributed by atoms with van der Waals surface area (Å²) in [4.78, 5) is 6.85. The number of nitrogens with one attached hydrogen (secondary N) is 1. The van der Waals surface area contributed by atoms with E-state index >= 15 is 0 Å². The van der Waals surface area contributed by atoms with E-state index in [1.165, 1.54) is 25.9 Å². The van der Waals surface area contributed by atoms with Crippen LogP contribution in [0.5, 0.6) is 0 Å². The third kappa shape index (κ3) is 3.73. The van der Waals surface area contributed by atoms with Gasteiger partial charge < -0.3 is 14.8 Å². The topological polar surface area (TPSA) is 33.1 Å². The Hall–Kier alpha value is -1.03. The molecular weight excluding hydrogens is 224 g/mol. The molecule has 102 valence electrons. The van der Waals surface area contributed by atoms with E-state index < -0.39 is 0 Å². The maximum absolute atomic E-state index is 4.41. The molecule has 18 heavy (non-hydrogen) atoms. The molecule has 1 aromatic rings. The predicted octanol–water partition coefficient (Wildman–Crippen LogP) is 2.29. The van der Waals surface area contributed by atoms with Crippen molar-refractivity contribution in [2.24, 2.45) is 11.8 Å². The Morgan fingerprint density at radius 3 is 3.06 bits per heavy atom. The van der Waals surface area contributed by atoms with Crippen LogP contribution in [0.3, 0.4) is 0 Å². The van der Waals surface area contributed by atoms with Crippen molar-refractivity contribution >= 4 is 5.95 Å². The van der Waals surface area contributed by atoms with Crippen LogP contribution < -0.4 is 5.32 Å². The van der Waals surface area contributed by atoms with Crippen LogP contribution in [-0.2, 0) is 6.54 Å². The molecule has 0 aromatic carbocycles. The maximum Gasteiger partial charge on any atom is 0.202 e. The standard InChI is InChI=1S/C14H26N4/c1-12(2)9-16-14-15-6-8-18(14)11-13-5-4-7-17(3)10-13/h6,8,12-13H,4-5,7,9-11H2,1-3H3,(H,15,16). The van der Waals surface area contributed by atoms with Gasteiger partial charge in [0.15, 0.2) is 0 Å². The average Bonchev–Trinajstić information content (AvgIpc) is 2.74. The zero-order valence-corrected chi connectivity index (χ0v) is 11.9. The van der Waals surface area contributed by atoms with E-state index in [2.05, 4.69) is 46.9 Å². The number of anilines is 1. The first kappa shape index (κ1) is 13.4. The van der Waals surface area contributed by atoms with Gasteiger partial charge in [0.1, 0.15) is 0 Å². The molecule has 1 fully saturated rings. The van der Waals surface area contributed by atoms with Gasteiger partial charge in [-0.05, 0) is 38.3 Å². The first-order chi connectivity index (χ1) is 8.65. The van der Waals surface area contributed by atoms with Gasteiger partial charge in [0, 0.05) is 32.0 Å². The van der Waals surface area contributed by atoms with E-state index in [1.54, 1.807) is 0 Å². The second-order valence-corrected chi connectivity index (χ2v) is 5.95. The van der Waals surface area contributed by atoms with Gasteiger partial charge in [-0.3, -0.25) is 0 Å². The highest BCUT2D eigenvalue weighted by atomic mass is 15.2. The summed E-state index contributed by atoms with van der Waals surface area (Å²) in [5.41, 5.74) is 0. The second kappa shape index (κ2) is 6.23. The van der Waals surface area contributed by atoms with Gasteiger partial charge in [-0.25, -0.2) is 4.98 Å². The normalized spacial score (nSPS) is 21.4. The minimum atomic E-state index is 0.649. The molecule has 2 rings (SSSR count).